The van der Waals surface area contributed by atoms with Gasteiger partial charge in [0.2, 0.25) is 0 Å². The van der Waals surface area contributed by atoms with Crippen LogP contribution >= 0.6 is 0 Å². The maximum absolute atomic E-state index is 2.45. The average molecular weight is 839 g/mol. The third-order valence-electron chi connectivity index (χ3n) is 13.5. The van der Waals surface area contributed by atoms with E-state index < -0.39 is 0 Å². The molecule has 0 spiro atoms. The molecule has 0 radical (unpaired) electrons. The Bertz CT molecular complexity index is 3970. The van der Waals surface area contributed by atoms with Crippen LogP contribution in [0.2, 0.25) is 0 Å². The number of para-hydroxylation sites is 1. The summed E-state index contributed by atoms with van der Waals surface area (Å²) in [5, 5.41) is 12.5. The van der Waals surface area contributed by atoms with Crippen molar-refractivity contribution < 1.29 is 0 Å². The van der Waals surface area contributed by atoms with E-state index in [1.165, 1.54) is 92.7 Å². The summed E-state index contributed by atoms with van der Waals surface area (Å²) in [6.07, 6.45) is 0. The van der Waals surface area contributed by atoms with E-state index >= 15 is 0 Å². The summed E-state index contributed by atoms with van der Waals surface area (Å²) < 4.78 is 2.45. The third-order valence-corrected chi connectivity index (χ3v) is 13.5. The van der Waals surface area contributed by atoms with Crippen LogP contribution in [0.3, 0.4) is 0 Å². The van der Waals surface area contributed by atoms with Gasteiger partial charge >= 0.3 is 0 Å². The van der Waals surface area contributed by atoms with E-state index in [-0.39, 0.29) is 0 Å². The van der Waals surface area contributed by atoms with Crippen molar-refractivity contribution in [1.82, 2.24) is 4.57 Å². The molecule has 2 nitrogen and oxygen atoms in total. The van der Waals surface area contributed by atoms with E-state index in [0.717, 1.165) is 28.3 Å². The second kappa shape index (κ2) is 15.5. The van der Waals surface area contributed by atoms with Gasteiger partial charge in [0, 0.05) is 38.9 Å². The summed E-state index contributed by atoms with van der Waals surface area (Å²) >= 11 is 0. The molecule has 0 aliphatic heterocycles. The number of rotatable bonds is 7. The predicted octanol–water partition coefficient (Wildman–Crippen LogP) is 17.9. The summed E-state index contributed by atoms with van der Waals surface area (Å²) in [5.41, 5.74) is 14.0. The molecule has 2 heteroatoms. The van der Waals surface area contributed by atoms with Crippen LogP contribution in [0.15, 0.2) is 255 Å². The van der Waals surface area contributed by atoms with Crippen LogP contribution in [0.5, 0.6) is 0 Å². The number of aromatic nitrogens is 1. The van der Waals surface area contributed by atoms with Crippen LogP contribution < -0.4 is 4.90 Å². The van der Waals surface area contributed by atoms with Crippen LogP contribution in [0.25, 0.3) is 104 Å². The molecule has 66 heavy (non-hydrogen) atoms. The van der Waals surface area contributed by atoms with E-state index in [0.29, 0.717) is 0 Å². The highest BCUT2D eigenvalue weighted by Crippen LogP contribution is 2.44. The minimum atomic E-state index is 1.09. The topological polar surface area (TPSA) is 8.17 Å². The van der Waals surface area contributed by atoms with Crippen molar-refractivity contribution in [2.75, 3.05) is 4.90 Å². The number of hydrogen-bond acceptors (Lipinski definition) is 1. The molecule has 13 rings (SSSR count). The van der Waals surface area contributed by atoms with Gasteiger partial charge in [0.25, 0.3) is 0 Å². The van der Waals surface area contributed by atoms with Crippen LogP contribution in [-0.2, 0) is 0 Å². The van der Waals surface area contributed by atoms with Crippen molar-refractivity contribution in [3.8, 4) is 39.1 Å². The lowest BCUT2D eigenvalue weighted by Crippen LogP contribution is -2.10. The molecule has 0 atom stereocenters. The second-order valence-electron chi connectivity index (χ2n) is 17.3. The molecule has 308 valence electrons. The quantitative estimate of drug-likeness (QED) is 0.145. The Morgan fingerprint density at radius 3 is 1.61 bits per heavy atom. The van der Waals surface area contributed by atoms with Gasteiger partial charge in [-0.1, -0.05) is 194 Å². The zero-order chi connectivity index (χ0) is 43.6. The van der Waals surface area contributed by atoms with Gasteiger partial charge < -0.3 is 9.47 Å². The Morgan fingerprint density at radius 2 is 0.818 bits per heavy atom. The average Bonchev–Trinajstić information content (AvgIpc) is 3.74. The fourth-order valence-electron chi connectivity index (χ4n) is 10.4. The Kier molecular flexibility index (Phi) is 8.89. The zero-order valence-electron chi connectivity index (χ0n) is 36.1. The van der Waals surface area contributed by atoms with Gasteiger partial charge in [-0.25, -0.2) is 0 Å². The molecule has 0 aliphatic carbocycles. The van der Waals surface area contributed by atoms with Gasteiger partial charge in [-0.3, -0.25) is 0 Å². The first-order chi connectivity index (χ1) is 32.7. The van der Waals surface area contributed by atoms with Crippen LogP contribution in [0.4, 0.5) is 17.1 Å². The summed E-state index contributed by atoms with van der Waals surface area (Å²) in [7, 11) is 0. The molecule has 1 heterocycles. The molecule has 13 aromatic rings. The van der Waals surface area contributed by atoms with Gasteiger partial charge in [0.15, 0.2) is 0 Å². The highest BCUT2D eigenvalue weighted by molar-refractivity contribution is 6.22. The molecule has 0 bridgehead atoms. The van der Waals surface area contributed by atoms with E-state index in [2.05, 4.69) is 264 Å². The summed E-state index contributed by atoms with van der Waals surface area (Å²) in [4.78, 5) is 2.40. The molecule has 12 aromatic carbocycles. The Balaban J connectivity index is 0.958. The van der Waals surface area contributed by atoms with Crippen molar-refractivity contribution in [2.24, 2.45) is 0 Å². The molecule has 0 saturated heterocycles. The standard InChI is InChI=1S/C64H42N2/c1-2-18-51(19-3-1)66-62-26-12-25-59(63(62)61-40-33-46-15-6-9-23-60(46)64(61)66)49-17-10-20-54(42-49)65(53-37-31-47(32-38-53)57-24-11-16-44-13-4-7-21-55(44)57)52-35-29-43(30-36-52)48-34-39-58-50(41-48)28-27-45-14-5-8-22-56(45)58/h1-42H. The summed E-state index contributed by atoms with van der Waals surface area (Å²) in [5.74, 6) is 0. The number of nitrogens with zero attached hydrogens (tertiary/aromatic N) is 2. The fraction of sp³-hybridized carbons (Fsp3) is 0. The van der Waals surface area contributed by atoms with Crippen LogP contribution in [0.1, 0.15) is 0 Å². The fourth-order valence-corrected chi connectivity index (χ4v) is 10.4. The molecule has 0 amide bonds. The highest BCUT2D eigenvalue weighted by atomic mass is 15.1. The molecule has 0 saturated carbocycles. The highest BCUT2D eigenvalue weighted by Gasteiger charge is 2.20. The molecule has 0 unspecified atom stereocenters. The van der Waals surface area contributed by atoms with Gasteiger partial charge in [0.1, 0.15) is 0 Å². The molecular weight excluding hydrogens is 797 g/mol. The van der Waals surface area contributed by atoms with Crippen molar-refractivity contribution in [3.63, 3.8) is 0 Å². The second-order valence-corrected chi connectivity index (χ2v) is 17.3. The van der Waals surface area contributed by atoms with Crippen LogP contribution in [-0.4, -0.2) is 4.57 Å². The summed E-state index contributed by atoms with van der Waals surface area (Å²) in [6, 6.07) is 93.3. The molecule has 0 N–H and O–H groups in total. The lowest BCUT2D eigenvalue weighted by atomic mass is 9.96. The third kappa shape index (κ3) is 6.26. The molecular formula is C64H42N2. The molecule has 0 aliphatic rings. The Hall–Kier alpha value is -8.72. The van der Waals surface area contributed by atoms with Gasteiger partial charge in [-0.2, -0.15) is 0 Å². The van der Waals surface area contributed by atoms with Gasteiger partial charge in [0.05, 0.1) is 11.0 Å². The van der Waals surface area contributed by atoms with Crippen molar-refractivity contribution in [1.29, 1.82) is 0 Å². The van der Waals surface area contributed by atoms with E-state index in [1.54, 1.807) is 0 Å². The zero-order valence-corrected chi connectivity index (χ0v) is 36.1. The summed E-state index contributed by atoms with van der Waals surface area (Å²) in [6.45, 7) is 0. The number of benzene rings is 12. The Labute approximate surface area is 383 Å². The lowest BCUT2D eigenvalue weighted by Gasteiger charge is -2.26. The first kappa shape index (κ1) is 37.8. The molecule has 1 aromatic heterocycles. The van der Waals surface area contributed by atoms with Crippen molar-refractivity contribution in [2.45, 2.75) is 0 Å². The smallest absolute Gasteiger partial charge is 0.0619 e. The SMILES string of the molecule is c1ccc(-n2c3cccc(-c4cccc(N(c5ccc(-c6ccc7c(ccc8ccccc87)c6)cc5)c5ccc(-c6cccc7ccccc67)cc5)c4)c3c3ccc4ccccc4c32)cc1. The first-order valence-electron chi connectivity index (χ1n) is 22.7. The van der Waals surface area contributed by atoms with Crippen molar-refractivity contribution >= 4 is 82.0 Å². The van der Waals surface area contributed by atoms with Crippen molar-refractivity contribution in [3.05, 3.63) is 255 Å². The monoisotopic (exact) mass is 838 g/mol. The molecule has 0 fully saturated rings. The van der Waals surface area contributed by atoms with E-state index in [9.17, 15) is 0 Å². The Morgan fingerprint density at radius 1 is 0.273 bits per heavy atom. The number of fused-ring (bicyclic) bond motifs is 9. The number of hydrogen-bond donors (Lipinski definition) is 0. The van der Waals surface area contributed by atoms with E-state index in [1.807, 2.05) is 0 Å². The number of anilines is 3. The van der Waals surface area contributed by atoms with E-state index in [4.69, 9.17) is 0 Å². The van der Waals surface area contributed by atoms with Crippen LogP contribution in [0, 0.1) is 0 Å². The van der Waals surface area contributed by atoms with Gasteiger partial charge in [-0.05, 0) is 132 Å². The minimum absolute atomic E-state index is 1.09. The lowest BCUT2D eigenvalue weighted by molar-refractivity contribution is 1.19. The first-order valence-corrected chi connectivity index (χ1v) is 22.7. The van der Waals surface area contributed by atoms with Gasteiger partial charge in [-0.15, -0.1) is 0 Å². The maximum Gasteiger partial charge on any atom is 0.0619 e. The largest absolute Gasteiger partial charge is 0.310 e. The normalized spacial score (nSPS) is 11.6. The predicted molar refractivity (Wildman–Crippen MR) is 282 cm³/mol. The maximum atomic E-state index is 2.45. The minimum Gasteiger partial charge on any atom is -0.310 e.